The molecule has 0 aliphatic carbocycles. The van der Waals surface area contributed by atoms with Crippen LogP contribution in [-0.2, 0) is 9.53 Å². The number of carbonyl (C=O) groups is 1. The number of nitrogen functional groups attached to an aromatic ring is 1. The maximum absolute atomic E-state index is 11.3. The van der Waals surface area contributed by atoms with Crippen molar-refractivity contribution in [2.24, 2.45) is 0 Å². The summed E-state index contributed by atoms with van der Waals surface area (Å²) < 4.78 is 5.59. The Morgan fingerprint density at radius 1 is 1.68 bits per heavy atom. The van der Waals surface area contributed by atoms with Gasteiger partial charge in [-0.25, -0.2) is 4.98 Å². The van der Waals surface area contributed by atoms with E-state index in [1.54, 1.807) is 6.20 Å². The molecule has 1 aliphatic rings. The summed E-state index contributed by atoms with van der Waals surface area (Å²) in [6.07, 6.45) is 4.83. The van der Waals surface area contributed by atoms with E-state index >= 15 is 0 Å². The van der Waals surface area contributed by atoms with E-state index in [2.05, 4.69) is 9.97 Å². The van der Waals surface area contributed by atoms with Gasteiger partial charge in [-0.15, -0.1) is 11.8 Å². The Balaban J connectivity index is 2.27. The fourth-order valence-corrected chi connectivity index (χ4v) is 2.48. The van der Waals surface area contributed by atoms with Crippen LogP contribution in [0.3, 0.4) is 0 Å². The minimum Gasteiger partial charge on any atom is -0.394 e. The quantitative estimate of drug-likeness (QED) is 0.590. The van der Waals surface area contributed by atoms with Gasteiger partial charge >= 0.3 is 0 Å². The summed E-state index contributed by atoms with van der Waals surface area (Å²) >= 11 is 1.43. The van der Waals surface area contributed by atoms with Gasteiger partial charge in [0.1, 0.15) is 6.23 Å². The van der Waals surface area contributed by atoms with Crippen LogP contribution in [0.4, 0.5) is 11.8 Å². The number of ether oxygens (including phenoxy) is 1. The molecule has 1 aromatic heterocycles. The number of aliphatic hydroxyl groups excluding tert-OH is 1. The molecule has 19 heavy (non-hydrogen) atoms. The van der Waals surface area contributed by atoms with Crippen LogP contribution in [0, 0.1) is 0 Å². The van der Waals surface area contributed by atoms with E-state index in [4.69, 9.17) is 15.6 Å². The standard InChI is InChI=1S/C11H16N4O3S/c1-19-8-4-13-11(12)14-10(8)15(6-17)9-3-2-7(5-16)18-9/h4,6-7,9,16H,2-3,5H2,1H3,(H2,12,13,14). The summed E-state index contributed by atoms with van der Waals surface area (Å²) in [5.41, 5.74) is 5.57. The molecule has 1 saturated heterocycles. The van der Waals surface area contributed by atoms with E-state index in [1.165, 1.54) is 16.7 Å². The van der Waals surface area contributed by atoms with Crippen LogP contribution in [0.2, 0.25) is 0 Å². The van der Waals surface area contributed by atoms with Crippen LogP contribution in [0.5, 0.6) is 0 Å². The minimum atomic E-state index is -0.421. The van der Waals surface area contributed by atoms with Crippen molar-refractivity contribution < 1.29 is 14.6 Å². The Labute approximate surface area is 115 Å². The first kappa shape index (κ1) is 14.0. The molecule has 1 aliphatic heterocycles. The SMILES string of the molecule is CSc1cnc(N)nc1N(C=O)C1CCC(CO)O1. The second-order valence-corrected chi connectivity index (χ2v) is 4.95. The van der Waals surface area contributed by atoms with Crippen molar-refractivity contribution in [3.05, 3.63) is 6.20 Å². The molecule has 104 valence electrons. The van der Waals surface area contributed by atoms with E-state index in [-0.39, 0.29) is 18.7 Å². The van der Waals surface area contributed by atoms with Crippen LogP contribution in [0.15, 0.2) is 11.1 Å². The molecule has 0 spiro atoms. The Morgan fingerprint density at radius 3 is 3.05 bits per heavy atom. The number of nitrogens with two attached hydrogens (primary N) is 1. The molecule has 0 radical (unpaired) electrons. The molecule has 7 nitrogen and oxygen atoms in total. The van der Waals surface area contributed by atoms with Gasteiger partial charge in [0.15, 0.2) is 5.82 Å². The number of amides is 1. The number of hydrogen-bond donors (Lipinski definition) is 2. The molecule has 8 heteroatoms. The summed E-state index contributed by atoms with van der Waals surface area (Å²) in [5, 5.41) is 9.07. The van der Waals surface area contributed by atoms with Crippen LogP contribution >= 0.6 is 11.8 Å². The lowest BCUT2D eigenvalue weighted by Gasteiger charge is -2.25. The van der Waals surface area contributed by atoms with Crippen molar-refractivity contribution in [2.45, 2.75) is 30.1 Å². The van der Waals surface area contributed by atoms with Crippen molar-refractivity contribution >= 4 is 29.9 Å². The Kier molecular flexibility index (Phi) is 4.56. The number of nitrogens with zero attached hydrogens (tertiary/aromatic N) is 3. The summed E-state index contributed by atoms with van der Waals surface area (Å²) in [7, 11) is 0. The number of aliphatic hydroxyl groups is 1. The van der Waals surface area contributed by atoms with E-state index in [0.717, 1.165) is 4.90 Å². The minimum absolute atomic E-state index is 0.0511. The predicted molar refractivity (Wildman–Crippen MR) is 71.7 cm³/mol. The van der Waals surface area contributed by atoms with Crippen molar-refractivity contribution in [2.75, 3.05) is 23.5 Å². The van der Waals surface area contributed by atoms with Gasteiger partial charge < -0.3 is 15.6 Å². The third-order valence-electron chi connectivity index (χ3n) is 2.93. The summed E-state index contributed by atoms with van der Waals surface area (Å²) in [4.78, 5) is 21.5. The van der Waals surface area contributed by atoms with Crippen molar-refractivity contribution in [1.82, 2.24) is 9.97 Å². The average molecular weight is 284 g/mol. The van der Waals surface area contributed by atoms with E-state index in [1.807, 2.05) is 6.26 Å². The highest BCUT2D eigenvalue weighted by molar-refractivity contribution is 7.98. The largest absolute Gasteiger partial charge is 0.394 e. The monoisotopic (exact) mass is 284 g/mol. The first-order valence-electron chi connectivity index (χ1n) is 5.86. The fourth-order valence-electron chi connectivity index (χ4n) is 1.98. The van der Waals surface area contributed by atoms with Crippen LogP contribution in [0.25, 0.3) is 0 Å². The summed E-state index contributed by atoms with van der Waals surface area (Å²) in [6.45, 7) is -0.0511. The van der Waals surface area contributed by atoms with Crippen LogP contribution in [0.1, 0.15) is 12.8 Å². The molecule has 2 heterocycles. The highest BCUT2D eigenvalue weighted by atomic mass is 32.2. The lowest BCUT2D eigenvalue weighted by molar-refractivity contribution is -0.110. The molecule has 2 atom stereocenters. The number of carbonyl (C=O) groups excluding carboxylic acids is 1. The highest BCUT2D eigenvalue weighted by Crippen LogP contribution is 2.31. The molecule has 0 aromatic carbocycles. The smallest absolute Gasteiger partial charge is 0.222 e. The molecule has 2 unspecified atom stereocenters. The average Bonchev–Trinajstić information content (AvgIpc) is 2.89. The van der Waals surface area contributed by atoms with Crippen LogP contribution < -0.4 is 10.6 Å². The van der Waals surface area contributed by atoms with Crippen molar-refractivity contribution in [3.63, 3.8) is 0 Å². The number of anilines is 2. The second kappa shape index (κ2) is 6.18. The Hall–Kier alpha value is -1.38. The molecular weight excluding hydrogens is 268 g/mol. The highest BCUT2D eigenvalue weighted by Gasteiger charge is 2.31. The fraction of sp³-hybridized carbons (Fsp3) is 0.545. The Bertz CT molecular complexity index is 460. The maximum atomic E-state index is 11.3. The van der Waals surface area contributed by atoms with Gasteiger partial charge in [-0.2, -0.15) is 4.98 Å². The zero-order valence-corrected chi connectivity index (χ0v) is 11.3. The molecule has 0 bridgehead atoms. The molecular formula is C11H16N4O3S. The molecule has 1 amide bonds. The maximum Gasteiger partial charge on any atom is 0.222 e. The number of hydrogen-bond acceptors (Lipinski definition) is 7. The van der Waals surface area contributed by atoms with Gasteiger partial charge in [0.2, 0.25) is 12.4 Å². The van der Waals surface area contributed by atoms with Gasteiger partial charge in [0.25, 0.3) is 0 Å². The van der Waals surface area contributed by atoms with Gasteiger partial charge in [-0.3, -0.25) is 9.69 Å². The van der Waals surface area contributed by atoms with E-state index in [9.17, 15) is 4.79 Å². The summed E-state index contributed by atoms with van der Waals surface area (Å²) in [5.74, 6) is 0.551. The number of rotatable bonds is 5. The lowest BCUT2D eigenvalue weighted by Crippen LogP contribution is -2.35. The third-order valence-corrected chi connectivity index (χ3v) is 3.66. The topological polar surface area (TPSA) is 102 Å². The molecule has 3 N–H and O–H groups in total. The lowest BCUT2D eigenvalue weighted by atomic mass is 10.2. The third kappa shape index (κ3) is 2.96. The first-order chi connectivity index (χ1) is 9.19. The number of aromatic nitrogens is 2. The molecule has 1 aromatic rings. The van der Waals surface area contributed by atoms with Crippen molar-refractivity contribution in [3.8, 4) is 0 Å². The van der Waals surface area contributed by atoms with E-state index in [0.29, 0.717) is 25.1 Å². The van der Waals surface area contributed by atoms with Gasteiger partial charge in [0.05, 0.1) is 17.6 Å². The second-order valence-electron chi connectivity index (χ2n) is 4.11. The van der Waals surface area contributed by atoms with Crippen molar-refractivity contribution in [1.29, 1.82) is 0 Å². The molecule has 0 saturated carbocycles. The number of thioether (sulfide) groups is 1. The van der Waals surface area contributed by atoms with Gasteiger partial charge in [-0.1, -0.05) is 0 Å². The Morgan fingerprint density at radius 2 is 2.47 bits per heavy atom. The van der Waals surface area contributed by atoms with E-state index < -0.39 is 6.23 Å². The zero-order chi connectivity index (χ0) is 13.8. The normalized spacial score (nSPS) is 22.4. The van der Waals surface area contributed by atoms with Gasteiger partial charge in [-0.05, 0) is 19.1 Å². The van der Waals surface area contributed by atoms with Gasteiger partial charge in [0, 0.05) is 6.20 Å². The predicted octanol–water partition coefficient (Wildman–Crippen LogP) is 0.241. The zero-order valence-electron chi connectivity index (χ0n) is 10.5. The summed E-state index contributed by atoms with van der Waals surface area (Å²) in [6, 6.07) is 0. The van der Waals surface area contributed by atoms with Crippen LogP contribution in [-0.4, -0.2) is 46.7 Å². The first-order valence-corrected chi connectivity index (χ1v) is 7.08. The molecule has 1 fully saturated rings. The molecule has 2 rings (SSSR count).